The van der Waals surface area contributed by atoms with Crippen LogP contribution in [0.4, 0.5) is 10.8 Å². The van der Waals surface area contributed by atoms with Crippen molar-refractivity contribution in [1.29, 1.82) is 0 Å². The summed E-state index contributed by atoms with van der Waals surface area (Å²) in [5, 5.41) is 6.77. The number of carbonyl (C=O) groups excluding carboxylic acids is 1. The van der Waals surface area contributed by atoms with Crippen molar-refractivity contribution in [3.8, 4) is 0 Å². The van der Waals surface area contributed by atoms with Crippen LogP contribution in [0.2, 0.25) is 0 Å². The van der Waals surface area contributed by atoms with Gasteiger partial charge in [0.2, 0.25) is 5.91 Å². The lowest BCUT2D eigenvalue weighted by Gasteiger charge is -2.17. The van der Waals surface area contributed by atoms with Crippen LogP contribution in [-0.4, -0.2) is 30.4 Å². The first-order valence-corrected chi connectivity index (χ1v) is 12.3. The summed E-state index contributed by atoms with van der Waals surface area (Å²) in [6.07, 6.45) is 0.0448. The Kier molecular flexibility index (Phi) is 7.61. The standard InChI is InChI=1S/C21H26N3O4PS/c1-4-27-29(26,28-5-2)14-22-20(25)13-16-7-9-17(10-8-16)23-21-24-18-11-6-15(3)12-19(18)30-21/h6-12H,4-5,13-14H2,1-3H3,(H,22,25)(H,23,24). The van der Waals surface area contributed by atoms with Gasteiger partial charge in [0, 0.05) is 5.69 Å². The van der Waals surface area contributed by atoms with Gasteiger partial charge >= 0.3 is 7.60 Å². The molecule has 1 aromatic heterocycles. The highest BCUT2D eigenvalue weighted by Crippen LogP contribution is 2.46. The number of rotatable bonds is 10. The molecule has 0 saturated heterocycles. The lowest BCUT2D eigenvalue weighted by atomic mass is 10.1. The van der Waals surface area contributed by atoms with Crippen LogP contribution in [0.15, 0.2) is 42.5 Å². The number of hydrogen-bond acceptors (Lipinski definition) is 7. The van der Waals surface area contributed by atoms with Crippen molar-refractivity contribution in [3.63, 3.8) is 0 Å². The molecule has 0 aliphatic heterocycles. The molecule has 2 N–H and O–H groups in total. The van der Waals surface area contributed by atoms with Gasteiger partial charge in [-0.25, -0.2) is 4.98 Å². The van der Waals surface area contributed by atoms with Gasteiger partial charge < -0.3 is 19.7 Å². The van der Waals surface area contributed by atoms with Crippen molar-refractivity contribution in [2.24, 2.45) is 0 Å². The second-order valence-corrected chi connectivity index (χ2v) is 9.78. The summed E-state index contributed by atoms with van der Waals surface area (Å²) in [6, 6.07) is 13.8. The zero-order valence-corrected chi connectivity index (χ0v) is 19.0. The Balaban J connectivity index is 1.55. The molecule has 0 aliphatic carbocycles. The first-order chi connectivity index (χ1) is 14.4. The van der Waals surface area contributed by atoms with Gasteiger partial charge in [-0.2, -0.15) is 0 Å². The third kappa shape index (κ3) is 6.12. The van der Waals surface area contributed by atoms with Crippen molar-refractivity contribution in [1.82, 2.24) is 10.3 Å². The summed E-state index contributed by atoms with van der Waals surface area (Å²) < 4.78 is 23.9. The fourth-order valence-corrected chi connectivity index (χ4v) is 5.27. The van der Waals surface area contributed by atoms with E-state index < -0.39 is 7.60 Å². The lowest BCUT2D eigenvalue weighted by Crippen LogP contribution is -2.27. The summed E-state index contributed by atoms with van der Waals surface area (Å²) in [5.74, 6) is -0.239. The van der Waals surface area contributed by atoms with E-state index >= 15 is 0 Å². The highest BCUT2D eigenvalue weighted by Gasteiger charge is 2.24. The minimum absolute atomic E-state index is 0.135. The van der Waals surface area contributed by atoms with E-state index in [1.807, 2.05) is 36.4 Å². The van der Waals surface area contributed by atoms with E-state index in [2.05, 4.69) is 28.6 Å². The topological polar surface area (TPSA) is 89.5 Å². The highest BCUT2D eigenvalue weighted by atomic mass is 32.1. The molecular formula is C21H26N3O4PS. The number of nitrogens with zero attached hydrogens (tertiary/aromatic N) is 1. The number of aryl methyl sites for hydroxylation is 1. The summed E-state index contributed by atoms with van der Waals surface area (Å²) >= 11 is 1.60. The Labute approximate surface area is 180 Å². The maximum absolute atomic E-state index is 12.4. The van der Waals surface area contributed by atoms with Crippen molar-refractivity contribution in [3.05, 3.63) is 53.6 Å². The molecule has 7 nitrogen and oxygen atoms in total. The summed E-state index contributed by atoms with van der Waals surface area (Å²) in [6.45, 7) is 6.05. The zero-order valence-electron chi connectivity index (χ0n) is 17.3. The molecule has 160 valence electrons. The fraction of sp³-hybridized carbons (Fsp3) is 0.333. The van der Waals surface area contributed by atoms with Crippen molar-refractivity contribution in [2.75, 3.05) is 24.8 Å². The van der Waals surface area contributed by atoms with Crippen LogP contribution in [0.1, 0.15) is 25.0 Å². The van der Waals surface area contributed by atoms with Gasteiger partial charge in [0.15, 0.2) is 5.13 Å². The third-order valence-electron chi connectivity index (χ3n) is 4.24. The number of aromatic nitrogens is 1. The highest BCUT2D eigenvalue weighted by molar-refractivity contribution is 7.53. The van der Waals surface area contributed by atoms with Gasteiger partial charge in [0.1, 0.15) is 6.29 Å². The van der Waals surface area contributed by atoms with E-state index in [0.717, 1.165) is 26.6 Å². The van der Waals surface area contributed by atoms with E-state index in [0.29, 0.717) is 0 Å². The lowest BCUT2D eigenvalue weighted by molar-refractivity contribution is -0.120. The number of thiazole rings is 1. The van der Waals surface area contributed by atoms with Crippen LogP contribution >= 0.6 is 18.9 Å². The van der Waals surface area contributed by atoms with E-state index in [1.165, 1.54) is 5.56 Å². The maximum atomic E-state index is 12.4. The minimum atomic E-state index is -3.29. The number of nitrogens with one attached hydrogen (secondary N) is 2. The zero-order chi connectivity index (χ0) is 21.6. The summed E-state index contributed by atoms with van der Waals surface area (Å²) in [5.41, 5.74) is 3.92. The number of anilines is 2. The molecule has 3 rings (SSSR count). The van der Waals surface area contributed by atoms with Crippen molar-refractivity contribution >= 4 is 45.9 Å². The number of hydrogen-bond donors (Lipinski definition) is 2. The Morgan fingerprint density at radius 3 is 2.47 bits per heavy atom. The molecule has 0 atom stereocenters. The van der Waals surface area contributed by atoms with E-state index in [1.54, 1.807) is 25.2 Å². The molecule has 0 fully saturated rings. The summed E-state index contributed by atoms with van der Waals surface area (Å²) in [4.78, 5) is 16.8. The van der Waals surface area contributed by atoms with E-state index in [9.17, 15) is 9.36 Å². The molecule has 2 aromatic carbocycles. The van der Waals surface area contributed by atoms with E-state index in [4.69, 9.17) is 9.05 Å². The average Bonchev–Trinajstić information content (AvgIpc) is 3.10. The second-order valence-electron chi connectivity index (χ2n) is 6.69. The maximum Gasteiger partial charge on any atom is 0.349 e. The smallest absolute Gasteiger partial charge is 0.344 e. The molecular weight excluding hydrogens is 421 g/mol. The Morgan fingerprint density at radius 1 is 1.10 bits per heavy atom. The molecule has 0 unspecified atom stereocenters. The number of fused-ring (bicyclic) bond motifs is 1. The van der Waals surface area contributed by atoms with Gasteiger partial charge in [-0.15, -0.1) is 0 Å². The number of carbonyl (C=O) groups is 1. The van der Waals surface area contributed by atoms with Gasteiger partial charge in [0.05, 0.1) is 29.9 Å². The van der Waals surface area contributed by atoms with Gasteiger partial charge in [-0.1, -0.05) is 29.5 Å². The van der Waals surface area contributed by atoms with Crippen LogP contribution in [0, 0.1) is 6.92 Å². The second kappa shape index (κ2) is 10.2. The first-order valence-electron chi connectivity index (χ1n) is 9.79. The molecule has 0 saturated carbocycles. The van der Waals surface area contributed by atoms with Crippen LogP contribution < -0.4 is 10.6 Å². The van der Waals surface area contributed by atoms with Gasteiger partial charge in [-0.05, 0) is 56.2 Å². The quantitative estimate of drug-likeness (QED) is 0.414. The third-order valence-corrected chi connectivity index (χ3v) is 7.02. The van der Waals surface area contributed by atoms with Crippen LogP contribution in [0.5, 0.6) is 0 Å². The SMILES string of the molecule is CCOP(=O)(CNC(=O)Cc1ccc(Nc2nc3ccc(C)cc3s2)cc1)OCC. The van der Waals surface area contributed by atoms with Gasteiger partial charge in [-0.3, -0.25) is 9.36 Å². The summed E-state index contributed by atoms with van der Waals surface area (Å²) in [7, 11) is -3.29. The molecule has 0 radical (unpaired) electrons. The molecule has 1 amide bonds. The Hall–Kier alpha value is -2.25. The monoisotopic (exact) mass is 447 g/mol. The van der Waals surface area contributed by atoms with Crippen LogP contribution in [-0.2, 0) is 24.8 Å². The molecule has 3 aromatic rings. The minimum Gasteiger partial charge on any atom is -0.344 e. The van der Waals surface area contributed by atoms with Crippen molar-refractivity contribution < 1.29 is 18.4 Å². The molecule has 0 aliphatic rings. The predicted octanol–water partition coefficient (Wildman–Crippen LogP) is 5.23. The predicted molar refractivity (Wildman–Crippen MR) is 122 cm³/mol. The first kappa shape index (κ1) is 22.4. The molecule has 30 heavy (non-hydrogen) atoms. The molecule has 0 bridgehead atoms. The Morgan fingerprint density at radius 2 is 1.80 bits per heavy atom. The normalized spacial score (nSPS) is 11.6. The number of benzene rings is 2. The Bertz CT molecular complexity index is 1040. The molecule has 0 spiro atoms. The van der Waals surface area contributed by atoms with Crippen LogP contribution in [0.25, 0.3) is 10.2 Å². The largest absolute Gasteiger partial charge is 0.349 e. The fourth-order valence-electron chi connectivity index (χ4n) is 2.87. The average molecular weight is 447 g/mol. The number of amides is 1. The molecule has 9 heteroatoms. The van der Waals surface area contributed by atoms with Crippen molar-refractivity contribution in [2.45, 2.75) is 27.2 Å². The van der Waals surface area contributed by atoms with Crippen LogP contribution in [0.3, 0.4) is 0 Å². The van der Waals surface area contributed by atoms with Gasteiger partial charge in [0.25, 0.3) is 0 Å². The molecule has 1 heterocycles. The van der Waals surface area contributed by atoms with E-state index in [-0.39, 0.29) is 31.8 Å².